The summed E-state index contributed by atoms with van der Waals surface area (Å²) in [5, 5.41) is 1.06. The molecule has 0 fully saturated rings. The van der Waals surface area contributed by atoms with Gasteiger partial charge in [-0.1, -0.05) is 0 Å². The Bertz CT molecular complexity index is 154. The molecule has 0 aromatic rings. The van der Waals surface area contributed by atoms with Crippen LogP contribution in [0.4, 0.5) is 0 Å². The van der Waals surface area contributed by atoms with Gasteiger partial charge in [0, 0.05) is 0 Å². The van der Waals surface area contributed by atoms with Crippen LogP contribution in [0.25, 0.3) is 0 Å². The second kappa shape index (κ2) is 3.68. The van der Waals surface area contributed by atoms with Crippen molar-refractivity contribution < 1.29 is 14.4 Å². The molecule has 0 bridgehead atoms. The molecule has 1 heteroatoms. The Morgan fingerprint density at radius 1 is 1.78 bits per heavy atom. The Morgan fingerprint density at radius 3 is 3.22 bits per heavy atom. The summed E-state index contributed by atoms with van der Waals surface area (Å²) < 4.78 is 1.47. The van der Waals surface area contributed by atoms with Gasteiger partial charge in [0.15, 0.2) is 0 Å². The summed E-state index contributed by atoms with van der Waals surface area (Å²) in [4.78, 5) is 0. The van der Waals surface area contributed by atoms with Crippen molar-refractivity contribution >= 4 is 0 Å². The van der Waals surface area contributed by atoms with Crippen LogP contribution in [-0.2, 0) is 14.4 Å². The molecule has 1 rings (SSSR count). The molecule has 0 aromatic carbocycles. The zero-order chi connectivity index (χ0) is 6.53. The van der Waals surface area contributed by atoms with Crippen molar-refractivity contribution in [2.24, 2.45) is 0 Å². The van der Waals surface area contributed by atoms with Crippen LogP contribution in [0.15, 0.2) is 35.4 Å². The van der Waals surface area contributed by atoms with E-state index < -0.39 is 0 Å². The topological polar surface area (TPSA) is 0 Å². The Kier molecular flexibility index (Phi) is 2.80. The normalized spacial score (nSPS) is 16.2. The first-order chi connectivity index (χ1) is 4.43. The summed E-state index contributed by atoms with van der Waals surface area (Å²) in [7, 11) is 0. The fraction of sp³-hybridized carbons (Fsp3) is 0.250. The zero-order valence-corrected chi connectivity index (χ0v) is 6.23. The molecule has 0 atom stereocenters. The number of hydrogen-bond acceptors (Lipinski definition) is 0. The third kappa shape index (κ3) is 2.19. The number of hydrogen-bond donors (Lipinski definition) is 0. The summed E-state index contributed by atoms with van der Waals surface area (Å²) in [6.45, 7) is 3.66. The van der Waals surface area contributed by atoms with Crippen molar-refractivity contribution in [1.29, 1.82) is 0 Å². The molecule has 0 aliphatic heterocycles. The van der Waals surface area contributed by atoms with Crippen molar-refractivity contribution in [3.63, 3.8) is 0 Å². The van der Waals surface area contributed by atoms with Crippen molar-refractivity contribution in [3.05, 3.63) is 35.4 Å². The van der Waals surface area contributed by atoms with Gasteiger partial charge in [-0.05, 0) is 0 Å². The van der Waals surface area contributed by atoms with E-state index in [2.05, 4.69) is 24.8 Å². The number of rotatable bonds is 3. The van der Waals surface area contributed by atoms with E-state index in [1.54, 1.807) is 14.4 Å². The van der Waals surface area contributed by atoms with Crippen molar-refractivity contribution in [2.75, 3.05) is 0 Å². The van der Waals surface area contributed by atoms with E-state index in [1.807, 2.05) is 6.08 Å². The molecular formula is C8H10Ni. The van der Waals surface area contributed by atoms with E-state index in [9.17, 15) is 0 Å². The Hall–Kier alpha value is -0.286. The molecule has 0 nitrogen and oxygen atoms in total. The Morgan fingerprint density at radius 2 is 2.67 bits per heavy atom. The van der Waals surface area contributed by atoms with Gasteiger partial charge in [0.05, 0.1) is 0 Å². The summed E-state index contributed by atoms with van der Waals surface area (Å²) >= 11 is 1.70. The van der Waals surface area contributed by atoms with Gasteiger partial charge in [-0.25, -0.2) is 0 Å². The third-order valence-electron chi connectivity index (χ3n) is 1.00. The van der Waals surface area contributed by atoms with Crippen LogP contribution >= 0.6 is 0 Å². The molecule has 0 radical (unpaired) electrons. The van der Waals surface area contributed by atoms with Gasteiger partial charge in [-0.2, -0.15) is 0 Å². The predicted octanol–water partition coefficient (Wildman–Crippen LogP) is 2.52. The first kappa shape index (κ1) is 6.83. The second-order valence-corrected chi connectivity index (χ2v) is 3.12. The van der Waals surface area contributed by atoms with Gasteiger partial charge >= 0.3 is 61.7 Å². The molecule has 0 heterocycles. The van der Waals surface area contributed by atoms with Crippen LogP contribution in [0, 0.1) is 0 Å². The summed E-state index contributed by atoms with van der Waals surface area (Å²) in [6, 6.07) is 0. The van der Waals surface area contributed by atoms with Gasteiger partial charge in [0.2, 0.25) is 0 Å². The first-order valence-corrected chi connectivity index (χ1v) is 4.11. The number of allylic oxidation sites excluding steroid dienone is 5. The van der Waals surface area contributed by atoms with E-state index in [1.165, 1.54) is 4.54 Å². The van der Waals surface area contributed by atoms with Gasteiger partial charge in [-0.3, -0.25) is 0 Å². The zero-order valence-electron chi connectivity index (χ0n) is 5.25. The minimum atomic E-state index is 1.06. The van der Waals surface area contributed by atoms with Gasteiger partial charge in [-0.15, -0.1) is 0 Å². The Balaban J connectivity index is 2.21. The summed E-state index contributed by atoms with van der Waals surface area (Å²) in [5.74, 6) is 0. The monoisotopic (exact) mass is 164 g/mol. The summed E-state index contributed by atoms with van der Waals surface area (Å²) in [5.41, 5.74) is 0. The average Bonchev–Trinajstić information content (AvgIpc) is 2.34. The molecule has 52 valence electrons. The molecule has 0 spiro atoms. The van der Waals surface area contributed by atoms with Crippen molar-refractivity contribution in [2.45, 2.75) is 11.8 Å². The van der Waals surface area contributed by atoms with E-state index in [0.29, 0.717) is 0 Å². The van der Waals surface area contributed by atoms with Crippen LogP contribution in [-0.4, -0.2) is 0 Å². The second-order valence-electron chi connectivity index (χ2n) is 1.74. The first-order valence-electron chi connectivity index (χ1n) is 2.92. The fourth-order valence-electron chi connectivity index (χ4n) is 0.619. The van der Waals surface area contributed by atoms with Crippen LogP contribution in [0.3, 0.4) is 0 Å². The third-order valence-corrected chi connectivity index (χ3v) is 2.30. The molecule has 1 aliphatic carbocycles. The SMILES string of the molecule is C=C[CH2][Ni][C]1=CC=CC1. The standard InChI is InChI=1S/C5H5.C3H5.Ni/c1-2-4-5-3-1;1-3-2;/h1-3H,4H2;3H,1-2H2;. The van der Waals surface area contributed by atoms with Crippen molar-refractivity contribution in [3.8, 4) is 0 Å². The van der Waals surface area contributed by atoms with Crippen LogP contribution in [0.2, 0.25) is 5.39 Å². The van der Waals surface area contributed by atoms with Gasteiger partial charge in [0.1, 0.15) is 0 Å². The van der Waals surface area contributed by atoms with Gasteiger partial charge in [0.25, 0.3) is 0 Å². The van der Waals surface area contributed by atoms with E-state index in [-0.39, 0.29) is 0 Å². The molecule has 1 aliphatic rings. The molecule has 9 heavy (non-hydrogen) atoms. The van der Waals surface area contributed by atoms with E-state index >= 15 is 0 Å². The molecule has 0 saturated carbocycles. The molecule has 0 saturated heterocycles. The minimum absolute atomic E-state index is 1.06. The molecular weight excluding hydrogens is 155 g/mol. The molecule has 0 amide bonds. The van der Waals surface area contributed by atoms with Crippen LogP contribution in [0.5, 0.6) is 0 Å². The van der Waals surface area contributed by atoms with E-state index in [4.69, 9.17) is 0 Å². The van der Waals surface area contributed by atoms with E-state index in [0.717, 1.165) is 11.8 Å². The maximum absolute atomic E-state index is 3.66. The maximum atomic E-state index is 3.66. The fourth-order valence-corrected chi connectivity index (χ4v) is 1.49. The molecule has 0 aromatic heterocycles. The molecule has 0 N–H and O–H groups in total. The quantitative estimate of drug-likeness (QED) is 0.445. The predicted molar refractivity (Wildman–Crippen MR) is 36.8 cm³/mol. The molecule has 0 unspecified atom stereocenters. The average molecular weight is 165 g/mol. The van der Waals surface area contributed by atoms with Crippen LogP contribution < -0.4 is 0 Å². The Labute approximate surface area is 62.2 Å². The van der Waals surface area contributed by atoms with Gasteiger partial charge < -0.3 is 0 Å². The van der Waals surface area contributed by atoms with Crippen LogP contribution in [0.1, 0.15) is 6.42 Å². The summed E-state index contributed by atoms with van der Waals surface area (Å²) in [6.07, 6.45) is 9.53. The van der Waals surface area contributed by atoms with Crippen molar-refractivity contribution in [1.82, 2.24) is 0 Å².